The summed E-state index contributed by atoms with van der Waals surface area (Å²) in [6.45, 7) is 4.28. The maximum Gasteiger partial charge on any atom is 0.132 e. The molecule has 2 rings (SSSR count). The predicted molar refractivity (Wildman–Crippen MR) is 90.3 cm³/mol. The number of rotatable bonds is 6. The molecule has 3 heteroatoms. The molecule has 1 atom stereocenters. The average Bonchev–Trinajstić information content (AvgIpc) is 2.50. The topological polar surface area (TPSA) is 35.2 Å². The Morgan fingerprint density at radius 2 is 1.90 bits per heavy atom. The van der Waals surface area contributed by atoms with Gasteiger partial charge in [0.05, 0.1) is 12.0 Å². The summed E-state index contributed by atoms with van der Waals surface area (Å²) >= 11 is 1.74. The van der Waals surface area contributed by atoms with Gasteiger partial charge >= 0.3 is 0 Å². The number of methoxy groups -OCH3 is 1. The van der Waals surface area contributed by atoms with E-state index in [0.717, 1.165) is 23.5 Å². The lowest BCUT2D eigenvalue weighted by Crippen LogP contribution is -2.21. The van der Waals surface area contributed by atoms with Gasteiger partial charge in [-0.25, -0.2) is 0 Å². The lowest BCUT2D eigenvalue weighted by Gasteiger charge is -2.13. The quantitative estimate of drug-likeness (QED) is 0.857. The largest absolute Gasteiger partial charge is 0.496 e. The molecule has 0 aliphatic rings. The summed E-state index contributed by atoms with van der Waals surface area (Å²) < 4.78 is 5.41. The van der Waals surface area contributed by atoms with Crippen LogP contribution in [-0.4, -0.2) is 13.2 Å². The summed E-state index contributed by atoms with van der Waals surface area (Å²) in [5.41, 5.74) is 8.63. The highest BCUT2D eigenvalue weighted by atomic mass is 32.2. The average molecular weight is 301 g/mol. The molecule has 0 aliphatic heterocycles. The van der Waals surface area contributed by atoms with Gasteiger partial charge in [-0.1, -0.05) is 43.0 Å². The molecule has 0 bridgehead atoms. The lowest BCUT2D eigenvalue weighted by atomic mass is 10.0. The molecule has 0 heterocycles. The van der Waals surface area contributed by atoms with Crippen molar-refractivity contribution in [3.05, 3.63) is 53.6 Å². The fourth-order valence-corrected chi connectivity index (χ4v) is 3.21. The molecule has 0 saturated heterocycles. The van der Waals surface area contributed by atoms with Gasteiger partial charge in [0.1, 0.15) is 5.75 Å². The SMILES string of the molecule is CCC(N)Cc1ccc(Sc2ccccc2OC)c(C)c1. The fraction of sp³-hybridized carbons (Fsp3) is 0.333. The molecule has 2 aromatic rings. The zero-order valence-electron chi connectivity index (χ0n) is 12.9. The number of hydrogen-bond acceptors (Lipinski definition) is 3. The highest BCUT2D eigenvalue weighted by Crippen LogP contribution is 2.36. The van der Waals surface area contributed by atoms with Gasteiger partial charge in [-0.05, 0) is 49.1 Å². The Labute approximate surface area is 131 Å². The fourth-order valence-electron chi connectivity index (χ4n) is 2.22. The third-order valence-electron chi connectivity index (χ3n) is 3.55. The van der Waals surface area contributed by atoms with E-state index in [2.05, 4.69) is 38.1 Å². The highest BCUT2D eigenvalue weighted by Gasteiger charge is 2.08. The van der Waals surface area contributed by atoms with Gasteiger partial charge in [0.15, 0.2) is 0 Å². The second-order valence-corrected chi connectivity index (χ2v) is 6.31. The van der Waals surface area contributed by atoms with Crippen LogP contribution in [0.15, 0.2) is 52.3 Å². The summed E-state index contributed by atoms with van der Waals surface area (Å²) in [6, 6.07) is 15.0. The Kier molecular flexibility index (Phi) is 5.71. The van der Waals surface area contributed by atoms with Crippen molar-refractivity contribution in [2.24, 2.45) is 5.73 Å². The molecule has 0 amide bonds. The van der Waals surface area contributed by atoms with Crippen LogP contribution < -0.4 is 10.5 Å². The highest BCUT2D eigenvalue weighted by molar-refractivity contribution is 7.99. The zero-order chi connectivity index (χ0) is 15.2. The minimum Gasteiger partial charge on any atom is -0.496 e. The molecule has 2 nitrogen and oxygen atoms in total. The van der Waals surface area contributed by atoms with Crippen LogP contribution in [0.25, 0.3) is 0 Å². The van der Waals surface area contributed by atoms with Crippen molar-refractivity contribution in [1.82, 2.24) is 0 Å². The lowest BCUT2D eigenvalue weighted by molar-refractivity contribution is 0.405. The van der Waals surface area contributed by atoms with E-state index >= 15 is 0 Å². The molecular formula is C18H23NOS. The molecule has 21 heavy (non-hydrogen) atoms. The number of hydrogen-bond donors (Lipinski definition) is 1. The second-order valence-electron chi connectivity index (χ2n) is 5.23. The van der Waals surface area contributed by atoms with Crippen molar-refractivity contribution in [2.75, 3.05) is 7.11 Å². The van der Waals surface area contributed by atoms with Crippen molar-refractivity contribution in [2.45, 2.75) is 42.5 Å². The maximum atomic E-state index is 6.03. The van der Waals surface area contributed by atoms with Crippen molar-refractivity contribution in [3.63, 3.8) is 0 Å². The summed E-state index contributed by atoms with van der Waals surface area (Å²) in [5, 5.41) is 0. The summed E-state index contributed by atoms with van der Waals surface area (Å²) in [5.74, 6) is 0.916. The van der Waals surface area contributed by atoms with Crippen LogP contribution >= 0.6 is 11.8 Å². The van der Waals surface area contributed by atoms with Gasteiger partial charge in [-0.3, -0.25) is 0 Å². The third kappa shape index (κ3) is 4.26. The summed E-state index contributed by atoms with van der Waals surface area (Å²) in [7, 11) is 1.71. The monoisotopic (exact) mass is 301 g/mol. The van der Waals surface area contributed by atoms with Crippen LogP contribution in [0, 0.1) is 6.92 Å². The third-order valence-corrected chi connectivity index (χ3v) is 4.79. The van der Waals surface area contributed by atoms with Gasteiger partial charge in [-0.2, -0.15) is 0 Å². The van der Waals surface area contributed by atoms with E-state index in [1.165, 1.54) is 16.0 Å². The van der Waals surface area contributed by atoms with Crippen LogP contribution in [0.3, 0.4) is 0 Å². The molecular weight excluding hydrogens is 278 g/mol. The van der Waals surface area contributed by atoms with Crippen molar-refractivity contribution in [3.8, 4) is 5.75 Å². The Bertz CT molecular complexity index is 598. The number of para-hydroxylation sites is 1. The molecule has 0 aliphatic carbocycles. The number of benzene rings is 2. The van der Waals surface area contributed by atoms with Crippen LogP contribution in [0.4, 0.5) is 0 Å². The Morgan fingerprint density at radius 1 is 1.14 bits per heavy atom. The Balaban J connectivity index is 2.17. The van der Waals surface area contributed by atoms with Gasteiger partial charge in [0, 0.05) is 10.9 Å². The van der Waals surface area contributed by atoms with Crippen LogP contribution in [0.2, 0.25) is 0 Å². The van der Waals surface area contributed by atoms with E-state index in [1.807, 2.05) is 18.2 Å². The molecule has 0 radical (unpaired) electrons. The van der Waals surface area contributed by atoms with E-state index in [1.54, 1.807) is 18.9 Å². The molecule has 0 aromatic heterocycles. The molecule has 1 unspecified atom stereocenters. The number of aryl methyl sites for hydroxylation is 1. The van der Waals surface area contributed by atoms with Crippen molar-refractivity contribution < 1.29 is 4.74 Å². The first-order chi connectivity index (χ1) is 10.1. The van der Waals surface area contributed by atoms with Crippen molar-refractivity contribution in [1.29, 1.82) is 0 Å². The van der Waals surface area contributed by atoms with Crippen molar-refractivity contribution >= 4 is 11.8 Å². The first-order valence-corrected chi connectivity index (χ1v) is 8.11. The van der Waals surface area contributed by atoms with Crippen LogP contribution in [0.1, 0.15) is 24.5 Å². The van der Waals surface area contributed by atoms with E-state index in [0.29, 0.717) is 0 Å². The molecule has 2 aromatic carbocycles. The first-order valence-electron chi connectivity index (χ1n) is 7.30. The minimum absolute atomic E-state index is 0.247. The Hall–Kier alpha value is -1.45. The van der Waals surface area contributed by atoms with Crippen LogP contribution in [0.5, 0.6) is 5.75 Å². The normalized spacial score (nSPS) is 12.2. The maximum absolute atomic E-state index is 6.03. The number of ether oxygens (including phenoxy) is 1. The van der Waals surface area contributed by atoms with Gasteiger partial charge in [0.25, 0.3) is 0 Å². The summed E-state index contributed by atoms with van der Waals surface area (Å²) in [6.07, 6.45) is 1.95. The van der Waals surface area contributed by atoms with E-state index in [4.69, 9.17) is 10.5 Å². The van der Waals surface area contributed by atoms with E-state index in [9.17, 15) is 0 Å². The molecule has 0 saturated carbocycles. The van der Waals surface area contributed by atoms with Crippen LogP contribution in [-0.2, 0) is 6.42 Å². The summed E-state index contributed by atoms with van der Waals surface area (Å²) in [4.78, 5) is 2.40. The first kappa shape index (κ1) is 15.9. The Morgan fingerprint density at radius 3 is 2.57 bits per heavy atom. The second kappa shape index (κ2) is 7.53. The smallest absolute Gasteiger partial charge is 0.132 e. The van der Waals surface area contributed by atoms with E-state index < -0.39 is 0 Å². The van der Waals surface area contributed by atoms with Gasteiger partial charge in [-0.15, -0.1) is 0 Å². The molecule has 0 spiro atoms. The minimum atomic E-state index is 0.247. The van der Waals surface area contributed by atoms with Gasteiger partial charge < -0.3 is 10.5 Å². The molecule has 2 N–H and O–H groups in total. The molecule has 112 valence electrons. The predicted octanol–water partition coefficient (Wildman–Crippen LogP) is 4.43. The standard InChI is InChI=1S/C18H23NOS/c1-4-15(19)12-14-9-10-17(13(2)11-14)21-18-8-6-5-7-16(18)20-3/h5-11,15H,4,12,19H2,1-3H3. The van der Waals surface area contributed by atoms with E-state index in [-0.39, 0.29) is 6.04 Å². The molecule has 0 fully saturated rings. The zero-order valence-corrected chi connectivity index (χ0v) is 13.7. The van der Waals surface area contributed by atoms with Gasteiger partial charge in [0.2, 0.25) is 0 Å². The number of nitrogens with two attached hydrogens (primary N) is 1.